The lowest BCUT2D eigenvalue weighted by atomic mass is 10.0. The Balaban J connectivity index is 3.43. The van der Waals surface area contributed by atoms with Gasteiger partial charge in [-0.3, -0.25) is 9.59 Å². The maximum atomic E-state index is 12.5. The molecular weight excluding hydrogens is 935 g/mol. The maximum Gasteiger partial charge on any atom is 0.305 e. The van der Waals surface area contributed by atoms with Gasteiger partial charge < -0.3 is 20.3 Å². The number of hydrogen-bond acceptors (Lipinski definition) is 5. The summed E-state index contributed by atoms with van der Waals surface area (Å²) in [5.41, 5.74) is 0. The van der Waals surface area contributed by atoms with Gasteiger partial charge in [-0.1, -0.05) is 314 Å². The highest BCUT2D eigenvalue weighted by molar-refractivity contribution is 5.76. The third kappa shape index (κ3) is 61.3. The lowest BCUT2D eigenvalue weighted by Gasteiger charge is -2.20. The van der Waals surface area contributed by atoms with Gasteiger partial charge in [-0.05, 0) is 83.5 Å². The van der Waals surface area contributed by atoms with E-state index in [-0.39, 0.29) is 18.5 Å². The Hall–Kier alpha value is -1.92. The minimum atomic E-state index is -0.848. The zero-order valence-corrected chi connectivity index (χ0v) is 51.3. The molecular formula is C70H133NO5. The first-order chi connectivity index (χ1) is 37.5. The highest BCUT2D eigenvalue weighted by Crippen LogP contribution is 2.18. The van der Waals surface area contributed by atoms with Crippen molar-refractivity contribution in [3.63, 3.8) is 0 Å². The molecule has 76 heavy (non-hydrogen) atoms. The summed E-state index contributed by atoms with van der Waals surface area (Å²) in [7, 11) is 0. The van der Waals surface area contributed by atoms with Gasteiger partial charge in [-0.15, -0.1) is 0 Å². The van der Waals surface area contributed by atoms with Crippen LogP contribution in [0.1, 0.15) is 373 Å². The molecule has 0 saturated carbocycles. The first-order valence-corrected chi connectivity index (χ1v) is 34.3. The molecule has 0 radical (unpaired) electrons. The number of nitrogens with one attached hydrogen (secondary N) is 1. The van der Waals surface area contributed by atoms with Crippen LogP contribution in [0, 0.1) is 0 Å². The average molecular weight is 1070 g/mol. The van der Waals surface area contributed by atoms with Crippen LogP contribution in [-0.2, 0) is 14.3 Å². The number of rotatable bonds is 64. The highest BCUT2D eigenvalue weighted by Gasteiger charge is 2.18. The molecule has 2 unspecified atom stereocenters. The molecule has 0 spiro atoms. The normalized spacial score (nSPS) is 12.7. The maximum absolute atomic E-state index is 12.5. The monoisotopic (exact) mass is 1070 g/mol. The van der Waals surface area contributed by atoms with E-state index in [0.717, 1.165) is 44.9 Å². The Bertz CT molecular complexity index is 1230. The topological polar surface area (TPSA) is 95.9 Å². The van der Waals surface area contributed by atoms with E-state index < -0.39 is 12.1 Å². The van der Waals surface area contributed by atoms with Crippen molar-refractivity contribution in [3.05, 3.63) is 36.5 Å². The summed E-state index contributed by atoms with van der Waals surface area (Å²) in [6.07, 6.45) is 83.5. The number of carbonyl (C=O) groups is 2. The largest absolute Gasteiger partial charge is 0.466 e. The van der Waals surface area contributed by atoms with Gasteiger partial charge in [0.1, 0.15) is 0 Å². The van der Waals surface area contributed by atoms with Crippen LogP contribution < -0.4 is 5.32 Å². The Morgan fingerprint density at radius 1 is 0.355 bits per heavy atom. The van der Waals surface area contributed by atoms with Crippen LogP contribution >= 0.6 is 0 Å². The molecule has 0 fully saturated rings. The molecule has 448 valence electrons. The van der Waals surface area contributed by atoms with Crippen LogP contribution in [0.3, 0.4) is 0 Å². The fraction of sp³-hybridized carbons (Fsp3) is 0.886. The number of ether oxygens (including phenoxy) is 1. The predicted molar refractivity (Wildman–Crippen MR) is 333 cm³/mol. The Morgan fingerprint density at radius 3 is 0.947 bits per heavy atom. The Morgan fingerprint density at radius 2 is 0.618 bits per heavy atom. The minimum Gasteiger partial charge on any atom is -0.466 e. The molecule has 0 bridgehead atoms. The summed E-state index contributed by atoms with van der Waals surface area (Å²) in [5.74, 6) is -0.0638. The van der Waals surface area contributed by atoms with Crippen LogP contribution in [0.25, 0.3) is 0 Å². The van der Waals surface area contributed by atoms with E-state index in [9.17, 15) is 19.8 Å². The van der Waals surface area contributed by atoms with Crippen molar-refractivity contribution in [1.29, 1.82) is 0 Å². The number of esters is 1. The molecule has 0 aliphatic heterocycles. The summed E-state index contributed by atoms with van der Waals surface area (Å²) in [6.45, 7) is 4.91. The van der Waals surface area contributed by atoms with Gasteiger partial charge in [0, 0.05) is 12.8 Å². The summed E-state index contributed by atoms with van der Waals surface area (Å²) in [4.78, 5) is 24.6. The fourth-order valence-corrected chi connectivity index (χ4v) is 10.6. The average Bonchev–Trinajstić information content (AvgIpc) is 3.42. The highest BCUT2D eigenvalue weighted by atomic mass is 16.5. The van der Waals surface area contributed by atoms with E-state index in [2.05, 4.69) is 43.5 Å². The van der Waals surface area contributed by atoms with Crippen molar-refractivity contribution in [3.8, 4) is 0 Å². The fourth-order valence-electron chi connectivity index (χ4n) is 10.6. The van der Waals surface area contributed by atoms with Crippen LogP contribution in [0.15, 0.2) is 36.5 Å². The molecule has 0 aliphatic rings. The molecule has 0 rings (SSSR count). The van der Waals surface area contributed by atoms with E-state index >= 15 is 0 Å². The van der Waals surface area contributed by atoms with Crippen molar-refractivity contribution >= 4 is 11.9 Å². The van der Waals surface area contributed by atoms with Gasteiger partial charge in [0.05, 0.1) is 25.4 Å². The van der Waals surface area contributed by atoms with E-state index in [1.165, 1.54) is 302 Å². The van der Waals surface area contributed by atoms with Gasteiger partial charge in [-0.2, -0.15) is 0 Å². The first kappa shape index (κ1) is 74.1. The summed E-state index contributed by atoms with van der Waals surface area (Å²) in [6, 6.07) is -0.631. The number of unbranched alkanes of at least 4 members (excludes halogenated alkanes) is 49. The predicted octanol–water partition coefficient (Wildman–Crippen LogP) is 21.9. The van der Waals surface area contributed by atoms with Gasteiger partial charge in [0.15, 0.2) is 0 Å². The zero-order valence-electron chi connectivity index (χ0n) is 51.3. The van der Waals surface area contributed by atoms with Crippen LogP contribution in [0.2, 0.25) is 0 Å². The van der Waals surface area contributed by atoms with Gasteiger partial charge in [-0.25, -0.2) is 0 Å². The molecule has 0 heterocycles. The van der Waals surface area contributed by atoms with Crippen LogP contribution in [0.4, 0.5) is 0 Å². The van der Waals surface area contributed by atoms with Crippen molar-refractivity contribution in [2.45, 2.75) is 386 Å². The molecule has 0 aromatic carbocycles. The van der Waals surface area contributed by atoms with Crippen molar-refractivity contribution in [2.75, 3.05) is 13.2 Å². The van der Waals surface area contributed by atoms with Crippen molar-refractivity contribution in [1.82, 2.24) is 5.32 Å². The summed E-state index contributed by atoms with van der Waals surface area (Å²) < 4.78 is 5.48. The van der Waals surface area contributed by atoms with Gasteiger partial charge in [0.25, 0.3) is 0 Å². The second-order valence-corrected chi connectivity index (χ2v) is 23.5. The molecule has 0 aliphatic carbocycles. The zero-order chi connectivity index (χ0) is 55.0. The second-order valence-electron chi connectivity index (χ2n) is 23.5. The molecule has 0 saturated heterocycles. The number of allylic oxidation sites excluding steroid dienone is 5. The Labute approximate surface area is 474 Å². The minimum absolute atomic E-state index is 0.00406. The quantitative estimate of drug-likeness (QED) is 0.0320. The van der Waals surface area contributed by atoms with E-state index in [1.807, 2.05) is 6.08 Å². The molecule has 0 aromatic rings. The molecule has 1 amide bonds. The standard InChI is InChI=1S/C70H133NO5/c1-3-5-7-9-11-13-15-17-18-19-20-26-29-32-35-39-42-46-50-54-58-62-68(73)67(66-72)71-69(74)63-59-55-51-47-43-40-36-33-30-27-24-22-21-23-25-28-31-34-37-41-45-49-53-57-61-65-76-70(75)64-60-56-52-48-44-38-16-14-12-10-8-6-4-2/h14,16,22,24,58,62,67-68,72-73H,3-13,15,17-21,23,25-57,59-61,63-66H2,1-2H3,(H,71,74)/b16-14-,24-22-,62-58+. The van der Waals surface area contributed by atoms with Crippen LogP contribution in [0.5, 0.6) is 0 Å². The second kappa shape index (κ2) is 65.6. The third-order valence-corrected chi connectivity index (χ3v) is 15.9. The van der Waals surface area contributed by atoms with Gasteiger partial charge >= 0.3 is 5.97 Å². The molecule has 6 heteroatoms. The smallest absolute Gasteiger partial charge is 0.305 e. The molecule has 3 N–H and O–H groups in total. The Kier molecular flexibility index (Phi) is 63.9. The van der Waals surface area contributed by atoms with E-state index in [0.29, 0.717) is 19.4 Å². The lowest BCUT2D eigenvalue weighted by molar-refractivity contribution is -0.143. The van der Waals surface area contributed by atoms with Crippen molar-refractivity contribution in [2.24, 2.45) is 0 Å². The molecule has 6 nitrogen and oxygen atoms in total. The van der Waals surface area contributed by atoms with E-state index in [4.69, 9.17) is 4.74 Å². The number of hydrogen-bond donors (Lipinski definition) is 3. The van der Waals surface area contributed by atoms with E-state index in [1.54, 1.807) is 6.08 Å². The number of aliphatic hydroxyl groups excluding tert-OH is 2. The van der Waals surface area contributed by atoms with Crippen molar-refractivity contribution < 1.29 is 24.5 Å². The third-order valence-electron chi connectivity index (χ3n) is 15.9. The van der Waals surface area contributed by atoms with Crippen LogP contribution in [-0.4, -0.2) is 47.4 Å². The van der Waals surface area contributed by atoms with Gasteiger partial charge in [0.2, 0.25) is 5.91 Å². The number of amides is 1. The lowest BCUT2D eigenvalue weighted by Crippen LogP contribution is -2.45. The molecule has 0 aromatic heterocycles. The summed E-state index contributed by atoms with van der Waals surface area (Å²) in [5, 5.41) is 23.2. The number of carbonyl (C=O) groups excluding carboxylic acids is 2. The first-order valence-electron chi connectivity index (χ1n) is 34.3. The SMILES string of the molecule is CCCCCC/C=C\CCCCCCCC(=O)OCCCCCCCCCCCCCC/C=C\CCCCCCCCCCCC(=O)NC(CO)C(O)/C=C/CCCCCCCCCCCCCCCCCCCCC. The number of aliphatic hydroxyl groups is 2. The molecule has 2 atom stereocenters. The summed E-state index contributed by atoms with van der Waals surface area (Å²) >= 11 is 0.